The first-order valence-electron chi connectivity index (χ1n) is 7.92. The van der Waals surface area contributed by atoms with Crippen molar-refractivity contribution in [2.45, 2.75) is 12.2 Å². The third-order valence-electron chi connectivity index (χ3n) is 3.49. The van der Waals surface area contributed by atoms with Gasteiger partial charge in [-0.1, -0.05) is 6.07 Å². The van der Waals surface area contributed by atoms with Crippen molar-refractivity contribution in [2.75, 3.05) is 5.32 Å². The van der Waals surface area contributed by atoms with Crippen LogP contribution >= 0.6 is 0 Å². The molecule has 1 aromatic carbocycles. The predicted octanol–water partition coefficient (Wildman–Crippen LogP) is 2.67. The maximum absolute atomic E-state index is 12.9. The lowest BCUT2D eigenvalue weighted by Gasteiger charge is -2.14. The van der Waals surface area contributed by atoms with E-state index in [1.165, 1.54) is 30.5 Å². The first-order valence-corrected chi connectivity index (χ1v) is 7.92. The van der Waals surface area contributed by atoms with Gasteiger partial charge in [-0.2, -0.15) is 13.2 Å². The quantitative estimate of drug-likeness (QED) is 0.518. The molecule has 2 rings (SSSR count). The van der Waals surface area contributed by atoms with E-state index in [1.807, 2.05) is 0 Å². The molecule has 1 aromatic heterocycles. The van der Waals surface area contributed by atoms with Gasteiger partial charge in [-0.25, -0.2) is 14.6 Å². The number of anilines is 2. The lowest BCUT2D eigenvalue weighted by molar-refractivity contribution is -0.138. The Morgan fingerprint density at radius 2 is 1.83 bits per heavy atom. The van der Waals surface area contributed by atoms with Gasteiger partial charge in [0.15, 0.2) is 0 Å². The fourth-order valence-corrected chi connectivity index (χ4v) is 2.19. The van der Waals surface area contributed by atoms with Gasteiger partial charge < -0.3 is 20.8 Å². The number of benzene rings is 1. The van der Waals surface area contributed by atoms with Gasteiger partial charge in [0, 0.05) is 18.0 Å². The molecule has 8 nitrogen and oxygen atoms in total. The molecule has 1 amide bonds. The first-order chi connectivity index (χ1) is 13.6. The van der Waals surface area contributed by atoms with Crippen LogP contribution in [0.3, 0.4) is 0 Å². The normalized spacial score (nSPS) is 12.4. The number of hydrogen-bond acceptors (Lipinski definition) is 5. The van der Waals surface area contributed by atoms with Crippen molar-refractivity contribution >= 4 is 29.4 Å². The van der Waals surface area contributed by atoms with E-state index >= 15 is 0 Å². The van der Waals surface area contributed by atoms with Crippen molar-refractivity contribution < 1.29 is 37.8 Å². The van der Waals surface area contributed by atoms with Gasteiger partial charge in [0.05, 0.1) is 11.1 Å². The molecule has 0 bridgehead atoms. The van der Waals surface area contributed by atoms with Gasteiger partial charge in [0.2, 0.25) is 0 Å². The Hall–Kier alpha value is -3.89. The lowest BCUT2D eigenvalue weighted by Crippen LogP contribution is -2.39. The van der Waals surface area contributed by atoms with Crippen LogP contribution in [0.15, 0.2) is 54.7 Å². The number of aliphatic carboxylic acids is 2. The summed E-state index contributed by atoms with van der Waals surface area (Å²) in [5, 5.41) is 22.4. The van der Waals surface area contributed by atoms with Crippen LogP contribution in [0.2, 0.25) is 0 Å². The molecule has 0 aliphatic heterocycles. The van der Waals surface area contributed by atoms with Crippen LogP contribution in [0.1, 0.15) is 15.9 Å². The van der Waals surface area contributed by atoms with Gasteiger partial charge in [-0.15, -0.1) is 0 Å². The zero-order chi connectivity index (χ0) is 21.6. The van der Waals surface area contributed by atoms with Crippen molar-refractivity contribution in [1.29, 1.82) is 0 Å². The summed E-state index contributed by atoms with van der Waals surface area (Å²) >= 11 is 0. The number of carboxylic acids is 2. The highest BCUT2D eigenvalue weighted by atomic mass is 19.4. The van der Waals surface area contributed by atoms with Crippen molar-refractivity contribution in [3.63, 3.8) is 0 Å². The number of nitrogens with one attached hydrogen (secondary N) is 2. The molecule has 0 spiro atoms. The Morgan fingerprint density at radius 1 is 1.10 bits per heavy atom. The van der Waals surface area contributed by atoms with Crippen molar-refractivity contribution in [3.8, 4) is 0 Å². The number of alkyl halides is 3. The molecule has 1 heterocycles. The number of amides is 1. The number of aromatic nitrogens is 1. The second kappa shape index (κ2) is 8.87. The second-order valence-corrected chi connectivity index (χ2v) is 5.59. The summed E-state index contributed by atoms with van der Waals surface area (Å²) in [6.07, 6.45) is -1.96. The summed E-state index contributed by atoms with van der Waals surface area (Å²) in [5.74, 6) is -3.95. The molecule has 0 saturated heterocycles. The molecule has 11 heteroatoms. The van der Waals surface area contributed by atoms with E-state index in [2.05, 4.69) is 15.6 Å². The number of halogens is 3. The Balaban J connectivity index is 2.27. The second-order valence-electron chi connectivity index (χ2n) is 5.59. The third kappa shape index (κ3) is 6.06. The van der Waals surface area contributed by atoms with Crippen LogP contribution in [-0.2, 0) is 15.8 Å². The average molecular weight is 409 g/mol. The molecule has 1 unspecified atom stereocenters. The van der Waals surface area contributed by atoms with Gasteiger partial charge in [0.25, 0.3) is 5.91 Å². The zero-order valence-electron chi connectivity index (χ0n) is 14.5. The predicted molar refractivity (Wildman–Crippen MR) is 94.6 cm³/mol. The Morgan fingerprint density at radius 3 is 2.45 bits per heavy atom. The van der Waals surface area contributed by atoms with Gasteiger partial charge in [-0.3, -0.25) is 4.79 Å². The topological polar surface area (TPSA) is 129 Å². The van der Waals surface area contributed by atoms with Crippen LogP contribution in [0.4, 0.5) is 24.7 Å². The monoisotopic (exact) mass is 409 g/mol. The van der Waals surface area contributed by atoms with E-state index in [4.69, 9.17) is 10.2 Å². The Labute approximate surface area is 161 Å². The van der Waals surface area contributed by atoms with Crippen molar-refractivity contribution in [1.82, 2.24) is 10.3 Å². The highest BCUT2D eigenvalue weighted by molar-refractivity contribution is 6.01. The average Bonchev–Trinajstić information content (AvgIpc) is 2.64. The fraction of sp³-hybridized carbons (Fsp3) is 0.111. The summed E-state index contributed by atoms with van der Waals surface area (Å²) in [6, 6.07) is 5.22. The number of carboxylic acid groups (broad SMARTS) is 2. The van der Waals surface area contributed by atoms with Crippen LogP contribution in [-0.4, -0.2) is 39.1 Å². The molecule has 1 atom stereocenters. The highest BCUT2D eigenvalue weighted by Crippen LogP contribution is 2.31. The molecule has 0 aliphatic rings. The third-order valence-corrected chi connectivity index (χ3v) is 3.49. The molecule has 4 N–H and O–H groups in total. The van der Waals surface area contributed by atoms with E-state index < -0.39 is 35.6 Å². The number of carbonyl (C=O) groups is 3. The Kier molecular flexibility index (Phi) is 6.55. The standard InChI is InChI=1S/C18H14F3N3O5/c19-18(20,21)10-3-1-4-11(9-10)23-15-12(5-2-8-22-15)16(27)24-13(17(28)29)6-7-14(25)26/h1-9,13H,(H,22,23)(H,24,27)(H,25,26)(H,28,29). The molecule has 0 aliphatic carbocycles. The van der Waals surface area contributed by atoms with E-state index in [0.29, 0.717) is 6.08 Å². The van der Waals surface area contributed by atoms with E-state index in [-0.39, 0.29) is 17.1 Å². The molecule has 2 aromatic rings. The number of nitrogens with zero attached hydrogens (tertiary/aromatic N) is 1. The van der Waals surface area contributed by atoms with Gasteiger partial charge in [-0.05, 0) is 36.4 Å². The maximum Gasteiger partial charge on any atom is 0.416 e. The summed E-state index contributed by atoms with van der Waals surface area (Å²) in [4.78, 5) is 38.1. The molecule has 29 heavy (non-hydrogen) atoms. The van der Waals surface area contributed by atoms with Crippen LogP contribution in [0.5, 0.6) is 0 Å². The van der Waals surface area contributed by atoms with Gasteiger partial charge in [0.1, 0.15) is 11.9 Å². The number of carbonyl (C=O) groups excluding carboxylic acids is 1. The smallest absolute Gasteiger partial charge is 0.416 e. The lowest BCUT2D eigenvalue weighted by atomic mass is 10.1. The minimum Gasteiger partial charge on any atom is -0.479 e. The van der Waals surface area contributed by atoms with Crippen LogP contribution in [0, 0.1) is 0 Å². The largest absolute Gasteiger partial charge is 0.479 e. The van der Waals surface area contributed by atoms with Crippen molar-refractivity contribution in [3.05, 3.63) is 65.9 Å². The molecule has 152 valence electrons. The summed E-state index contributed by atoms with van der Waals surface area (Å²) in [6.45, 7) is 0. The number of rotatable bonds is 7. The molecule has 0 radical (unpaired) electrons. The van der Waals surface area contributed by atoms with E-state index in [9.17, 15) is 27.6 Å². The SMILES string of the molecule is O=C(O)C=CC(NC(=O)c1cccnc1Nc1cccc(C(F)(F)F)c1)C(=O)O. The van der Waals surface area contributed by atoms with Crippen LogP contribution < -0.4 is 10.6 Å². The minimum atomic E-state index is -4.56. The van der Waals surface area contributed by atoms with Crippen molar-refractivity contribution in [2.24, 2.45) is 0 Å². The highest BCUT2D eigenvalue weighted by Gasteiger charge is 2.30. The first kappa shape index (κ1) is 21.4. The molecule has 0 saturated carbocycles. The van der Waals surface area contributed by atoms with Crippen LogP contribution in [0.25, 0.3) is 0 Å². The summed E-state index contributed by atoms with van der Waals surface area (Å²) in [7, 11) is 0. The fourth-order valence-electron chi connectivity index (χ4n) is 2.19. The zero-order valence-corrected chi connectivity index (χ0v) is 14.5. The molecular weight excluding hydrogens is 395 g/mol. The summed E-state index contributed by atoms with van der Waals surface area (Å²) < 4.78 is 38.6. The molecule has 0 fully saturated rings. The van der Waals surface area contributed by atoms with E-state index in [1.54, 1.807) is 0 Å². The maximum atomic E-state index is 12.9. The summed E-state index contributed by atoms with van der Waals surface area (Å²) in [5.41, 5.74) is -1.05. The minimum absolute atomic E-state index is 0.00753. The number of hydrogen-bond donors (Lipinski definition) is 4. The molecular formula is C18H14F3N3O5. The van der Waals surface area contributed by atoms with Gasteiger partial charge >= 0.3 is 18.1 Å². The van der Waals surface area contributed by atoms with E-state index in [0.717, 1.165) is 18.2 Å². The number of pyridine rings is 1. The Bertz CT molecular complexity index is 960.